The largest absolute Gasteiger partial charge is 0.308 e. The van der Waals surface area contributed by atoms with Crippen LogP contribution in [0.2, 0.25) is 0 Å². The Bertz CT molecular complexity index is 633. The third kappa shape index (κ3) is 2.48. The standard InChI is InChI=1S/C15H23ClN4S/c1-4-19-15-14(10(3)18-19)17-13(9-16)20(15)11-7-6-8-12(11)21-5-2/h11-12H,4-9H2,1-3H3. The van der Waals surface area contributed by atoms with Gasteiger partial charge in [-0.3, -0.25) is 0 Å². The summed E-state index contributed by atoms with van der Waals surface area (Å²) in [5.41, 5.74) is 3.20. The predicted octanol–water partition coefficient (Wildman–Crippen LogP) is 4.15. The molecule has 0 aromatic carbocycles. The third-order valence-corrected chi connectivity index (χ3v) is 5.92. The third-order valence-electron chi connectivity index (χ3n) is 4.37. The molecule has 3 rings (SSSR count). The number of fused-ring (bicyclic) bond motifs is 1. The Balaban J connectivity index is 2.15. The molecule has 0 N–H and O–H groups in total. The zero-order valence-corrected chi connectivity index (χ0v) is 14.5. The molecule has 1 saturated carbocycles. The number of alkyl halides is 1. The van der Waals surface area contributed by atoms with Crippen LogP contribution in [-0.4, -0.2) is 30.3 Å². The van der Waals surface area contributed by atoms with E-state index in [1.54, 1.807) is 0 Å². The van der Waals surface area contributed by atoms with Gasteiger partial charge in [0.25, 0.3) is 0 Å². The summed E-state index contributed by atoms with van der Waals surface area (Å²) in [5, 5.41) is 5.31. The molecule has 0 bridgehead atoms. The lowest BCUT2D eigenvalue weighted by Gasteiger charge is -2.23. The number of hydrogen-bond acceptors (Lipinski definition) is 3. The summed E-state index contributed by atoms with van der Waals surface area (Å²) in [6, 6.07) is 0.509. The van der Waals surface area contributed by atoms with Gasteiger partial charge in [0.1, 0.15) is 11.3 Å². The Morgan fingerprint density at radius 1 is 1.33 bits per heavy atom. The lowest BCUT2D eigenvalue weighted by molar-refractivity contribution is 0.509. The Morgan fingerprint density at radius 2 is 2.14 bits per heavy atom. The molecule has 4 nitrogen and oxygen atoms in total. The van der Waals surface area contributed by atoms with Gasteiger partial charge in [0, 0.05) is 17.8 Å². The van der Waals surface area contributed by atoms with E-state index in [0.717, 1.165) is 23.6 Å². The van der Waals surface area contributed by atoms with Crippen LogP contribution in [0.5, 0.6) is 0 Å². The second kappa shape index (κ2) is 6.21. The summed E-state index contributed by atoms with van der Waals surface area (Å²) in [5.74, 6) is 2.64. The zero-order chi connectivity index (χ0) is 15.0. The van der Waals surface area contributed by atoms with Gasteiger partial charge >= 0.3 is 0 Å². The number of rotatable bonds is 5. The Kier molecular flexibility index (Phi) is 4.50. The summed E-state index contributed by atoms with van der Waals surface area (Å²) in [6.07, 6.45) is 3.81. The van der Waals surface area contributed by atoms with E-state index in [4.69, 9.17) is 16.6 Å². The molecule has 2 atom stereocenters. The van der Waals surface area contributed by atoms with E-state index in [1.807, 2.05) is 6.92 Å². The Labute approximate surface area is 135 Å². The van der Waals surface area contributed by atoms with Crippen LogP contribution in [-0.2, 0) is 12.4 Å². The van der Waals surface area contributed by atoms with Gasteiger partial charge in [-0.2, -0.15) is 16.9 Å². The highest BCUT2D eigenvalue weighted by Gasteiger charge is 2.33. The number of imidazole rings is 1. The van der Waals surface area contributed by atoms with Crippen molar-refractivity contribution in [2.75, 3.05) is 5.75 Å². The van der Waals surface area contributed by atoms with E-state index in [-0.39, 0.29) is 0 Å². The van der Waals surface area contributed by atoms with Crippen LogP contribution in [0.1, 0.15) is 50.7 Å². The molecule has 1 aliphatic carbocycles. The average molecular weight is 327 g/mol. The highest BCUT2D eigenvalue weighted by Crippen LogP contribution is 2.41. The van der Waals surface area contributed by atoms with E-state index >= 15 is 0 Å². The summed E-state index contributed by atoms with van der Waals surface area (Å²) in [4.78, 5) is 4.78. The van der Waals surface area contributed by atoms with Crippen LogP contribution in [0.3, 0.4) is 0 Å². The lowest BCUT2D eigenvalue weighted by Crippen LogP contribution is -2.20. The van der Waals surface area contributed by atoms with Gasteiger partial charge in [-0.1, -0.05) is 13.3 Å². The molecule has 0 amide bonds. The maximum atomic E-state index is 6.19. The van der Waals surface area contributed by atoms with Crippen molar-refractivity contribution in [3.8, 4) is 0 Å². The first-order valence-corrected chi connectivity index (χ1v) is 9.41. The Morgan fingerprint density at radius 3 is 2.81 bits per heavy atom. The van der Waals surface area contributed by atoms with Crippen molar-refractivity contribution < 1.29 is 0 Å². The molecule has 2 heterocycles. The maximum Gasteiger partial charge on any atom is 0.159 e. The molecule has 2 unspecified atom stereocenters. The Hall–Kier alpha value is -0.680. The second-order valence-electron chi connectivity index (χ2n) is 5.60. The van der Waals surface area contributed by atoms with Gasteiger partial charge in [0.05, 0.1) is 11.6 Å². The molecular weight excluding hydrogens is 304 g/mol. The zero-order valence-electron chi connectivity index (χ0n) is 13.0. The van der Waals surface area contributed by atoms with Crippen molar-refractivity contribution >= 4 is 34.5 Å². The van der Waals surface area contributed by atoms with Gasteiger partial charge < -0.3 is 4.57 Å². The minimum atomic E-state index is 0.470. The molecule has 1 aliphatic rings. The molecule has 6 heteroatoms. The lowest BCUT2D eigenvalue weighted by atomic mass is 10.2. The highest BCUT2D eigenvalue weighted by molar-refractivity contribution is 7.99. The number of aryl methyl sites for hydroxylation is 2. The average Bonchev–Trinajstić information content (AvgIpc) is 3.14. The number of halogens is 1. The van der Waals surface area contributed by atoms with Crippen LogP contribution in [0.25, 0.3) is 11.2 Å². The minimum absolute atomic E-state index is 0.470. The SMILES string of the molecule is CCSC1CCCC1n1c(CCl)nc2c(C)nn(CC)c21. The van der Waals surface area contributed by atoms with Crippen LogP contribution >= 0.6 is 23.4 Å². The van der Waals surface area contributed by atoms with E-state index in [2.05, 4.69) is 40.0 Å². The molecule has 0 radical (unpaired) electrons. The number of aromatic nitrogens is 4. The molecule has 1 fully saturated rings. The van der Waals surface area contributed by atoms with Crippen LogP contribution in [0.4, 0.5) is 0 Å². The molecule has 0 saturated heterocycles. The van der Waals surface area contributed by atoms with E-state index in [9.17, 15) is 0 Å². The van der Waals surface area contributed by atoms with E-state index < -0.39 is 0 Å². The predicted molar refractivity (Wildman–Crippen MR) is 90.3 cm³/mol. The topological polar surface area (TPSA) is 35.6 Å². The van der Waals surface area contributed by atoms with Crippen LogP contribution in [0.15, 0.2) is 0 Å². The van der Waals surface area contributed by atoms with Crippen molar-refractivity contribution in [1.29, 1.82) is 0 Å². The van der Waals surface area contributed by atoms with Gasteiger partial charge in [0.15, 0.2) is 5.65 Å². The van der Waals surface area contributed by atoms with Crippen molar-refractivity contribution in [1.82, 2.24) is 19.3 Å². The van der Waals surface area contributed by atoms with Gasteiger partial charge in [-0.25, -0.2) is 9.67 Å². The summed E-state index contributed by atoms with van der Waals surface area (Å²) in [7, 11) is 0. The fourth-order valence-corrected chi connectivity index (χ4v) is 4.94. The quantitative estimate of drug-likeness (QED) is 0.774. The number of nitrogens with zero attached hydrogens (tertiary/aromatic N) is 4. The number of thioether (sulfide) groups is 1. The molecule has 116 valence electrons. The first kappa shape index (κ1) is 15.2. The molecule has 0 aliphatic heterocycles. The summed E-state index contributed by atoms with van der Waals surface area (Å²) >= 11 is 8.26. The van der Waals surface area contributed by atoms with Crippen molar-refractivity contribution in [2.45, 2.75) is 63.8 Å². The fraction of sp³-hybridized carbons (Fsp3) is 0.733. The molecular formula is C15H23ClN4S. The van der Waals surface area contributed by atoms with Gasteiger partial charge in [-0.15, -0.1) is 11.6 Å². The van der Waals surface area contributed by atoms with E-state index in [0.29, 0.717) is 17.2 Å². The van der Waals surface area contributed by atoms with Crippen LogP contribution < -0.4 is 0 Å². The van der Waals surface area contributed by atoms with Crippen molar-refractivity contribution in [2.24, 2.45) is 0 Å². The smallest absolute Gasteiger partial charge is 0.159 e. The second-order valence-corrected chi connectivity index (χ2v) is 7.38. The monoisotopic (exact) mass is 326 g/mol. The normalized spacial score (nSPS) is 22.5. The molecule has 2 aromatic heterocycles. The summed E-state index contributed by atoms with van der Waals surface area (Å²) in [6.45, 7) is 7.29. The highest BCUT2D eigenvalue weighted by atomic mass is 35.5. The maximum absolute atomic E-state index is 6.19. The molecule has 2 aromatic rings. The molecule has 0 spiro atoms. The fourth-order valence-electron chi connectivity index (χ4n) is 3.51. The van der Waals surface area contributed by atoms with Crippen LogP contribution in [0, 0.1) is 6.92 Å². The van der Waals surface area contributed by atoms with Gasteiger partial charge in [0.2, 0.25) is 0 Å². The van der Waals surface area contributed by atoms with Crippen molar-refractivity contribution in [3.63, 3.8) is 0 Å². The van der Waals surface area contributed by atoms with Crippen molar-refractivity contribution in [3.05, 3.63) is 11.5 Å². The first-order chi connectivity index (χ1) is 10.2. The molecule has 21 heavy (non-hydrogen) atoms. The summed E-state index contributed by atoms with van der Waals surface area (Å²) < 4.78 is 4.48. The number of hydrogen-bond donors (Lipinski definition) is 0. The first-order valence-electron chi connectivity index (χ1n) is 7.83. The minimum Gasteiger partial charge on any atom is -0.308 e. The van der Waals surface area contributed by atoms with E-state index in [1.165, 1.54) is 30.7 Å². The van der Waals surface area contributed by atoms with Gasteiger partial charge in [-0.05, 0) is 32.4 Å².